The van der Waals surface area contributed by atoms with Crippen LogP contribution in [0, 0.1) is 5.82 Å². The van der Waals surface area contributed by atoms with Crippen LogP contribution in [0.15, 0.2) is 53.1 Å². The molecular weight excluding hydrogens is 425 g/mol. The number of hydrogen-bond donors (Lipinski definition) is 2. The Morgan fingerprint density at radius 1 is 1.25 bits per heavy atom. The molecule has 1 fully saturated rings. The summed E-state index contributed by atoms with van der Waals surface area (Å²) in [6, 6.07) is 11.5. The summed E-state index contributed by atoms with van der Waals surface area (Å²) in [7, 11) is 0. The lowest BCUT2D eigenvalue weighted by Gasteiger charge is -2.17. The molecule has 2 aromatic carbocycles. The zero-order valence-electron chi connectivity index (χ0n) is 15.0. The zero-order chi connectivity index (χ0) is 19.7. The molecule has 1 aliphatic rings. The monoisotopic (exact) mass is 443 g/mol. The van der Waals surface area contributed by atoms with E-state index in [9.17, 15) is 14.0 Å². The highest BCUT2D eigenvalue weighted by Gasteiger charge is 2.31. The number of amides is 1. The first-order valence-corrected chi connectivity index (χ1v) is 9.87. The summed E-state index contributed by atoms with van der Waals surface area (Å²) in [5, 5.41) is 3.96. The maximum absolute atomic E-state index is 13.0. The van der Waals surface area contributed by atoms with E-state index >= 15 is 0 Å². The van der Waals surface area contributed by atoms with Crippen molar-refractivity contribution in [3.8, 4) is 0 Å². The Morgan fingerprint density at radius 3 is 2.82 bits per heavy atom. The molecule has 1 saturated heterocycles. The number of ketones is 1. The lowest BCUT2D eigenvalue weighted by Crippen LogP contribution is -2.40. The second kappa shape index (κ2) is 7.85. The van der Waals surface area contributed by atoms with Gasteiger partial charge < -0.3 is 9.88 Å². The van der Waals surface area contributed by atoms with Gasteiger partial charge in [0.15, 0.2) is 5.78 Å². The van der Waals surface area contributed by atoms with Gasteiger partial charge in [-0.2, -0.15) is 0 Å². The van der Waals surface area contributed by atoms with Crippen LogP contribution in [0.5, 0.6) is 0 Å². The lowest BCUT2D eigenvalue weighted by atomic mass is 10.1. The summed E-state index contributed by atoms with van der Waals surface area (Å²) in [4.78, 5) is 30.1. The Labute approximate surface area is 170 Å². The lowest BCUT2D eigenvalue weighted by molar-refractivity contribution is -0.129. The molecule has 28 heavy (non-hydrogen) atoms. The molecule has 1 atom stereocenters. The first-order valence-electron chi connectivity index (χ1n) is 9.08. The molecule has 1 unspecified atom stereocenters. The Balaban J connectivity index is 1.37. The van der Waals surface area contributed by atoms with Crippen molar-refractivity contribution < 1.29 is 14.0 Å². The summed E-state index contributed by atoms with van der Waals surface area (Å²) in [5.74, 6) is -0.383. The van der Waals surface area contributed by atoms with Gasteiger partial charge in [-0.15, -0.1) is 0 Å². The molecule has 2 N–H and O–H groups in total. The van der Waals surface area contributed by atoms with Gasteiger partial charge in [-0.3, -0.25) is 14.9 Å². The van der Waals surface area contributed by atoms with Crippen LogP contribution in [0.25, 0.3) is 10.9 Å². The van der Waals surface area contributed by atoms with Crippen LogP contribution < -0.4 is 5.32 Å². The first-order chi connectivity index (χ1) is 13.5. The number of halogens is 2. The predicted molar refractivity (Wildman–Crippen MR) is 109 cm³/mol. The number of rotatable bonds is 6. The Morgan fingerprint density at radius 2 is 2.04 bits per heavy atom. The van der Waals surface area contributed by atoms with Crippen molar-refractivity contribution in [3.63, 3.8) is 0 Å². The number of benzene rings is 2. The molecule has 7 heteroatoms. The third-order valence-corrected chi connectivity index (χ3v) is 5.53. The van der Waals surface area contributed by atoms with Gasteiger partial charge in [-0.1, -0.05) is 28.1 Å². The SMILES string of the molecule is O=C(CNC1CCN(Cc2ccc(F)cc2)C1=O)c1c[nH]c2ccc(Br)cc12. The molecule has 0 saturated carbocycles. The Bertz CT molecular complexity index is 1030. The van der Waals surface area contributed by atoms with Gasteiger partial charge in [0.25, 0.3) is 0 Å². The van der Waals surface area contributed by atoms with Crippen molar-refractivity contribution in [2.45, 2.75) is 19.0 Å². The van der Waals surface area contributed by atoms with Crippen LogP contribution >= 0.6 is 15.9 Å². The normalized spacial score (nSPS) is 16.9. The van der Waals surface area contributed by atoms with E-state index < -0.39 is 0 Å². The van der Waals surface area contributed by atoms with E-state index in [-0.39, 0.29) is 30.1 Å². The molecular formula is C21H19BrFN3O2. The Hall–Kier alpha value is -2.51. The molecule has 0 spiro atoms. The van der Waals surface area contributed by atoms with Crippen molar-refractivity contribution in [3.05, 3.63) is 70.1 Å². The molecule has 1 amide bonds. The van der Waals surface area contributed by atoms with Gasteiger partial charge in [0.05, 0.1) is 12.6 Å². The number of fused-ring (bicyclic) bond motifs is 1. The minimum atomic E-state index is -0.374. The highest BCUT2D eigenvalue weighted by Crippen LogP contribution is 2.23. The standard InChI is InChI=1S/C21H19BrFN3O2/c22-14-3-6-18-16(9-14)17(10-24-18)20(27)11-25-19-7-8-26(21(19)28)12-13-1-4-15(23)5-2-13/h1-6,9-10,19,24-25H,7-8,11-12H2. The summed E-state index contributed by atoms with van der Waals surface area (Å²) >= 11 is 3.43. The van der Waals surface area contributed by atoms with Crippen molar-refractivity contribution in [2.75, 3.05) is 13.1 Å². The van der Waals surface area contributed by atoms with Gasteiger partial charge in [0.2, 0.25) is 5.91 Å². The zero-order valence-corrected chi connectivity index (χ0v) is 16.6. The molecule has 0 radical (unpaired) electrons. The van der Waals surface area contributed by atoms with Gasteiger partial charge in [-0.25, -0.2) is 4.39 Å². The number of H-pyrrole nitrogens is 1. The van der Waals surface area contributed by atoms with Crippen molar-refractivity contribution >= 4 is 38.5 Å². The number of aromatic nitrogens is 1. The number of carbonyl (C=O) groups is 2. The van der Waals surface area contributed by atoms with Crippen LogP contribution in [0.3, 0.4) is 0 Å². The van der Waals surface area contributed by atoms with E-state index in [4.69, 9.17) is 0 Å². The number of Topliss-reactive ketones (excluding diaryl/α,β-unsaturated/α-hetero) is 1. The van der Waals surface area contributed by atoms with Crippen LogP contribution in [0.2, 0.25) is 0 Å². The van der Waals surface area contributed by atoms with Crippen molar-refractivity contribution in [1.29, 1.82) is 0 Å². The predicted octanol–water partition coefficient (Wildman–Crippen LogP) is 3.64. The molecule has 2 heterocycles. The summed E-state index contributed by atoms with van der Waals surface area (Å²) in [5.41, 5.74) is 2.39. The summed E-state index contributed by atoms with van der Waals surface area (Å²) < 4.78 is 13.9. The van der Waals surface area contributed by atoms with Crippen molar-refractivity contribution in [2.24, 2.45) is 0 Å². The maximum atomic E-state index is 13.0. The minimum absolute atomic E-state index is 0.0289. The van der Waals surface area contributed by atoms with E-state index in [1.54, 1.807) is 23.2 Å². The fourth-order valence-electron chi connectivity index (χ4n) is 3.53. The number of aromatic amines is 1. The number of nitrogens with zero attached hydrogens (tertiary/aromatic N) is 1. The number of carbonyl (C=O) groups excluding carboxylic acids is 2. The van der Waals surface area contributed by atoms with E-state index in [1.807, 2.05) is 18.2 Å². The van der Waals surface area contributed by atoms with Crippen LogP contribution in [-0.4, -0.2) is 40.7 Å². The van der Waals surface area contributed by atoms with Crippen LogP contribution in [-0.2, 0) is 11.3 Å². The van der Waals surface area contributed by atoms with Gasteiger partial charge >= 0.3 is 0 Å². The Kier molecular flexibility index (Phi) is 5.28. The smallest absolute Gasteiger partial charge is 0.240 e. The van der Waals surface area contributed by atoms with E-state index in [0.717, 1.165) is 20.9 Å². The molecule has 0 aliphatic carbocycles. The first kappa shape index (κ1) is 18.8. The second-order valence-corrected chi connectivity index (χ2v) is 7.84. The number of hydrogen-bond acceptors (Lipinski definition) is 3. The largest absolute Gasteiger partial charge is 0.360 e. The number of nitrogens with one attached hydrogen (secondary N) is 2. The fraction of sp³-hybridized carbons (Fsp3) is 0.238. The summed E-state index contributed by atoms with van der Waals surface area (Å²) in [6.45, 7) is 1.16. The maximum Gasteiger partial charge on any atom is 0.240 e. The van der Waals surface area contributed by atoms with E-state index in [0.29, 0.717) is 25.1 Å². The fourth-order valence-corrected chi connectivity index (χ4v) is 3.89. The van der Waals surface area contributed by atoms with Crippen LogP contribution in [0.4, 0.5) is 4.39 Å². The molecule has 144 valence electrons. The second-order valence-electron chi connectivity index (χ2n) is 6.92. The van der Waals surface area contributed by atoms with Crippen LogP contribution in [0.1, 0.15) is 22.3 Å². The third-order valence-electron chi connectivity index (χ3n) is 5.04. The molecule has 3 aromatic rings. The quantitative estimate of drug-likeness (QED) is 0.571. The van der Waals surface area contributed by atoms with E-state index in [2.05, 4.69) is 26.2 Å². The third kappa shape index (κ3) is 3.86. The summed E-state index contributed by atoms with van der Waals surface area (Å²) in [6.07, 6.45) is 2.35. The highest BCUT2D eigenvalue weighted by atomic mass is 79.9. The van der Waals surface area contributed by atoms with E-state index in [1.165, 1.54) is 12.1 Å². The highest BCUT2D eigenvalue weighted by molar-refractivity contribution is 9.10. The molecule has 4 rings (SSSR count). The average Bonchev–Trinajstić information content (AvgIpc) is 3.25. The number of likely N-dealkylation sites (tertiary alicyclic amines) is 1. The molecule has 1 aliphatic heterocycles. The minimum Gasteiger partial charge on any atom is -0.360 e. The van der Waals surface area contributed by atoms with Gasteiger partial charge in [0, 0.05) is 40.2 Å². The van der Waals surface area contributed by atoms with Gasteiger partial charge in [0.1, 0.15) is 5.82 Å². The molecule has 1 aromatic heterocycles. The van der Waals surface area contributed by atoms with Crippen molar-refractivity contribution in [1.82, 2.24) is 15.2 Å². The van der Waals surface area contributed by atoms with Gasteiger partial charge in [-0.05, 0) is 42.3 Å². The molecule has 0 bridgehead atoms. The topological polar surface area (TPSA) is 65.2 Å². The average molecular weight is 444 g/mol. The molecule has 5 nitrogen and oxygen atoms in total.